The number of hydrogen-bond donors (Lipinski definition) is 1. The molecule has 5 nitrogen and oxygen atoms in total. The van der Waals surface area contributed by atoms with E-state index in [0.29, 0.717) is 46.2 Å². The molecule has 0 spiro atoms. The largest absolute Gasteiger partial charge is 0.499 e. The summed E-state index contributed by atoms with van der Waals surface area (Å²) in [6, 6.07) is 0. The molecule has 0 rings (SSSR count). The van der Waals surface area contributed by atoms with E-state index in [2.05, 4.69) is 13.0 Å². The van der Waals surface area contributed by atoms with E-state index in [1.54, 1.807) is 6.26 Å². The third-order valence-electron chi connectivity index (χ3n) is 3.24. The van der Waals surface area contributed by atoms with Gasteiger partial charge in [-0.25, -0.2) is 0 Å². The summed E-state index contributed by atoms with van der Waals surface area (Å²) < 4.78 is 21.1. The Morgan fingerprint density at radius 3 is 1.91 bits per heavy atom. The minimum absolute atomic E-state index is 0.0521. The summed E-state index contributed by atoms with van der Waals surface area (Å²) in [6.45, 7) is 5.96. The molecular formula is C18H36O5. The summed E-state index contributed by atoms with van der Waals surface area (Å²) in [5, 5.41) is 8.51. The molecule has 0 bridgehead atoms. The van der Waals surface area contributed by atoms with Gasteiger partial charge < -0.3 is 24.1 Å². The van der Waals surface area contributed by atoms with Crippen molar-refractivity contribution < 1.29 is 24.1 Å². The van der Waals surface area contributed by atoms with E-state index in [4.69, 9.17) is 24.1 Å². The second-order valence-corrected chi connectivity index (χ2v) is 5.36. The van der Waals surface area contributed by atoms with Crippen molar-refractivity contribution in [3.05, 3.63) is 12.3 Å². The van der Waals surface area contributed by atoms with Crippen molar-refractivity contribution in [2.75, 3.05) is 52.9 Å². The van der Waals surface area contributed by atoms with E-state index in [1.807, 2.05) is 0 Å². The molecule has 0 aliphatic heterocycles. The van der Waals surface area contributed by atoms with Crippen LogP contribution in [0.1, 0.15) is 51.9 Å². The maximum atomic E-state index is 8.51. The number of ether oxygens (including phenoxy) is 4. The molecule has 0 heterocycles. The van der Waals surface area contributed by atoms with Crippen LogP contribution in [0.25, 0.3) is 0 Å². The Labute approximate surface area is 142 Å². The first kappa shape index (κ1) is 22.4. The fourth-order valence-corrected chi connectivity index (χ4v) is 1.96. The van der Waals surface area contributed by atoms with Crippen molar-refractivity contribution in [2.45, 2.75) is 51.9 Å². The minimum atomic E-state index is 0.0521. The summed E-state index contributed by atoms with van der Waals surface area (Å²) in [6.07, 6.45) is 12.9. The van der Waals surface area contributed by atoms with E-state index < -0.39 is 0 Å². The summed E-state index contributed by atoms with van der Waals surface area (Å²) in [7, 11) is 0. The Bertz CT molecular complexity index is 233. The Hall–Kier alpha value is -0.620. The number of hydrogen-bond acceptors (Lipinski definition) is 5. The van der Waals surface area contributed by atoms with Gasteiger partial charge in [0.1, 0.15) is 6.61 Å². The van der Waals surface area contributed by atoms with Crippen LogP contribution in [0.2, 0.25) is 0 Å². The second kappa shape index (κ2) is 21.4. The predicted octanol–water partition coefficient (Wildman–Crippen LogP) is 3.31. The first-order valence-corrected chi connectivity index (χ1v) is 9.02. The molecule has 5 heteroatoms. The highest BCUT2D eigenvalue weighted by molar-refractivity contribution is 4.73. The average molecular weight is 332 g/mol. The molecule has 23 heavy (non-hydrogen) atoms. The first-order valence-electron chi connectivity index (χ1n) is 9.02. The zero-order valence-corrected chi connectivity index (χ0v) is 14.8. The topological polar surface area (TPSA) is 57.2 Å². The van der Waals surface area contributed by atoms with E-state index in [-0.39, 0.29) is 6.61 Å². The molecule has 0 radical (unpaired) electrons. The zero-order valence-electron chi connectivity index (χ0n) is 14.8. The average Bonchev–Trinajstić information content (AvgIpc) is 2.57. The SMILES string of the molecule is CCCCCCCC/C=C/OCCOCCOCCOCCO. The molecule has 0 atom stereocenters. The quantitative estimate of drug-likeness (QED) is 0.290. The monoisotopic (exact) mass is 332 g/mol. The lowest BCUT2D eigenvalue weighted by Crippen LogP contribution is -2.12. The number of allylic oxidation sites excluding steroid dienone is 1. The fourth-order valence-electron chi connectivity index (χ4n) is 1.96. The van der Waals surface area contributed by atoms with E-state index in [9.17, 15) is 0 Å². The summed E-state index contributed by atoms with van der Waals surface area (Å²) in [5.74, 6) is 0. The highest BCUT2D eigenvalue weighted by atomic mass is 16.6. The van der Waals surface area contributed by atoms with E-state index in [0.717, 1.165) is 6.42 Å². The van der Waals surface area contributed by atoms with Crippen molar-refractivity contribution in [3.63, 3.8) is 0 Å². The molecule has 0 fully saturated rings. The number of aliphatic hydroxyl groups excluding tert-OH is 1. The maximum absolute atomic E-state index is 8.51. The number of aliphatic hydroxyl groups is 1. The minimum Gasteiger partial charge on any atom is -0.499 e. The normalized spacial score (nSPS) is 11.4. The van der Waals surface area contributed by atoms with Gasteiger partial charge in [0.2, 0.25) is 0 Å². The molecule has 0 aliphatic rings. The number of unbranched alkanes of at least 4 members (excludes halogenated alkanes) is 6. The standard InChI is InChI=1S/C18H36O5/c1-2-3-4-5-6-7-8-9-11-20-13-15-22-17-18-23-16-14-21-12-10-19/h9,11,19H,2-8,10,12-18H2,1H3/b11-9+. The highest BCUT2D eigenvalue weighted by Gasteiger charge is 1.91. The molecule has 0 unspecified atom stereocenters. The molecule has 0 aromatic rings. The van der Waals surface area contributed by atoms with Gasteiger partial charge >= 0.3 is 0 Å². The van der Waals surface area contributed by atoms with Gasteiger partial charge in [0.25, 0.3) is 0 Å². The Morgan fingerprint density at radius 2 is 1.26 bits per heavy atom. The molecule has 0 saturated heterocycles. The molecule has 0 aromatic heterocycles. The van der Waals surface area contributed by atoms with Crippen molar-refractivity contribution in [1.29, 1.82) is 0 Å². The molecule has 0 amide bonds. The van der Waals surface area contributed by atoms with Gasteiger partial charge in [-0.05, 0) is 18.9 Å². The van der Waals surface area contributed by atoms with Crippen LogP contribution in [0.4, 0.5) is 0 Å². The smallest absolute Gasteiger partial charge is 0.111 e. The first-order chi connectivity index (χ1) is 11.4. The van der Waals surface area contributed by atoms with Gasteiger partial charge in [0, 0.05) is 0 Å². The highest BCUT2D eigenvalue weighted by Crippen LogP contribution is 2.07. The number of rotatable bonds is 19. The second-order valence-electron chi connectivity index (χ2n) is 5.36. The molecular weight excluding hydrogens is 296 g/mol. The third kappa shape index (κ3) is 21.4. The van der Waals surface area contributed by atoms with Crippen LogP contribution < -0.4 is 0 Å². The third-order valence-corrected chi connectivity index (χ3v) is 3.24. The molecule has 138 valence electrons. The van der Waals surface area contributed by atoms with Crippen LogP contribution in [-0.2, 0) is 18.9 Å². The van der Waals surface area contributed by atoms with Crippen LogP contribution in [-0.4, -0.2) is 58.0 Å². The van der Waals surface area contributed by atoms with Gasteiger partial charge in [-0.3, -0.25) is 0 Å². The van der Waals surface area contributed by atoms with Crippen molar-refractivity contribution in [2.24, 2.45) is 0 Å². The fraction of sp³-hybridized carbons (Fsp3) is 0.889. The van der Waals surface area contributed by atoms with Gasteiger partial charge in [-0.2, -0.15) is 0 Å². The van der Waals surface area contributed by atoms with Crippen LogP contribution in [0.5, 0.6) is 0 Å². The summed E-state index contributed by atoms with van der Waals surface area (Å²) in [5.41, 5.74) is 0. The van der Waals surface area contributed by atoms with E-state index >= 15 is 0 Å². The Balaban J connectivity index is 3.02. The molecule has 0 saturated carbocycles. The van der Waals surface area contributed by atoms with Crippen molar-refractivity contribution in [1.82, 2.24) is 0 Å². The van der Waals surface area contributed by atoms with Crippen molar-refractivity contribution >= 4 is 0 Å². The Morgan fingerprint density at radius 1 is 0.696 bits per heavy atom. The molecule has 1 N–H and O–H groups in total. The zero-order chi connectivity index (χ0) is 16.8. The summed E-state index contributed by atoms with van der Waals surface area (Å²) in [4.78, 5) is 0. The molecule has 0 aliphatic carbocycles. The van der Waals surface area contributed by atoms with Crippen molar-refractivity contribution in [3.8, 4) is 0 Å². The maximum Gasteiger partial charge on any atom is 0.111 e. The summed E-state index contributed by atoms with van der Waals surface area (Å²) >= 11 is 0. The lowest BCUT2D eigenvalue weighted by atomic mass is 10.1. The lowest BCUT2D eigenvalue weighted by molar-refractivity contribution is 0.00133. The predicted molar refractivity (Wildman–Crippen MR) is 92.6 cm³/mol. The van der Waals surface area contributed by atoms with Crippen LogP contribution in [0.3, 0.4) is 0 Å². The molecule has 0 aromatic carbocycles. The van der Waals surface area contributed by atoms with Gasteiger partial charge in [0.05, 0.1) is 52.5 Å². The van der Waals surface area contributed by atoms with E-state index in [1.165, 1.54) is 38.5 Å². The van der Waals surface area contributed by atoms with Crippen LogP contribution >= 0.6 is 0 Å². The van der Waals surface area contributed by atoms with Crippen LogP contribution in [0.15, 0.2) is 12.3 Å². The lowest BCUT2D eigenvalue weighted by Gasteiger charge is -2.06. The van der Waals surface area contributed by atoms with Crippen LogP contribution in [0, 0.1) is 0 Å². The Kier molecular flexibility index (Phi) is 20.8. The van der Waals surface area contributed by atoms with Gasteiger partial charge in [-0.1, -0.05) is 39.0 Å². The van der Waals surface area contributed by atoms with Gasteiger partial charge in [0.15, 0.2) is 0 Å². The van der Waals surface area contributed by atoms with Gasteiger partial charge in [-0.15, -0.1) is 0 Å².